The molecule has 35 heavy (non-hydrogen) atoms. The summed E-state index contributed by atoms with van der Waals surface area (Å²) in [5.41, 5.74) is 0.240. The molecule has 186 valence electrons. The van der Waals surface area contributed by atoms with E-state index in [-0.39, 0.29) is 35.6 Å². The lowest BCUT2D eigenvalue weighted by Gasteiger charge is -2.35. The fourth-order valence-corrected chi connectivity index (χ4v) is 5.31. The number of carbonyl (C=O) groups excluding carboxylic acids is 3. The van der Waals surface area contributed by atoms with Crippen LogP contribution in [0.4, 0.5) is 5.69 Å². The van der Waals surface area contributed by atoms with E-state index in [9.17, 15) is 22.8 Å². The third kappa shape index (κ3) is 5.71. The molecule has 2 aromatic carbocycles. The second kappa shape index (κ2) is 10.6. The van der Waals surface area contributed by atoms with Crippen molar-refractivity contribution in [2.45, 2.75) is 61.9 Å². The number of sulfonamides is 1. The van der Waals surface area contributed by atoms with Crippen molar-refractivity contribution in [3.8, 4) is 5.75 Å². The molecule has 1 atom stereocenters. The summed E-state index contributed by atoms with van der Waals surface area (Å²) < 4.78 is 28.8. The Morgan fingerprint density at radius 1 is 0.971 bits per heavy atom. The Morgan fingerprint density at radius 2 is 1.60 bits per heavy atom. The van der Waals surface area contributed by atoms with Crippen molar-refractivity contribution in [2.75, 3.05) is 11.5 Å². The van der Waals surface area contributed by atoms with E-state index in [2.05, 4.69) is 0 Å². The first-order valence-electron chi connectivity index (χ1n) is 11.7. The topological polar surface area (TPSA) is 127 Å². The van der Waals surface area contributed by atoms with Crippen LogP contribution in [-0.4, -0.2) is 49.7 Å². The molecule has 2 aromatic rings. The Hall–Kier alpha value is -3.24. The summed E-state index contributed by atoms with van der Waals surface area (Å²) in [5, 5.41) is 5.14. The third-order valence-electron chi connectivity index (χ3n) is 6.49. The summed E-state index contributed by atoms with van der Waals surface area (Å²) in [6.07, 6.45) is 5.42. The molecule has 3 amide bonds. The second-order valence-corrected chi connectivity index (χ2v) is 10.4. The maximum atomic E-state index is 13.5. The number of benzene rings is 2. The SMILES string of the molecule is NS(=O)(=O)c1ccc(N2C(=O)CC(N(C(=O)COc3ccccc3)C3CCCCCC3)C2=O)cc1. The van der Waals surface area contributed by atoms with E-state index >= 15 is 0 Å². The van der Waals surface area contributed by atoms with E-state index in [1.54, 1.807) is 29.2 Å². The van der Waals surface area contributed by atoms with Gasteiger partial charge < -0.3 is 9.64 Å². The molecule has 2 fully saturated rings. The van der Waals surface area contributed by atoms with Gasteiger partial charge in [-0.1, -0.05) is 43.9 Å². The van der Waals surface area contributed by atoms with E-state index in [1.807, 2.05) is 6.07 Å². The van der Waals surface area contributed by atoms with Gasteiger partial charge in [0.15, 0.2) is 6.61 Å². The number of imide groups is 1. The minimum Gasteiger partial charge on any atom is -0.484 e. The molecule has 1 heterocycles. The highest BCUT2D eigenvalue weighted by molar-refractivity contribution is 7.89. The van der Waals surface area contributed by atoms with Gasteiger partial charge >= 0.3 is 0 Å². The van der Waals surface area contributed by atoms with Gasteiger partial charge in [0.1, 0.15) is 11.8 Å². The third-order valence-corrected chi connectivity index (χ3v) is 7.42. The average molecular weight is 500 g/mol. The molecule has 9 nitrogen and oxygen atoms in total. The number of primary sulfonamides is 1. The largest absolute Gasteiger partial charge is 0.484 e. The number of nitrogens with two attached hydrogens (primary N) is 1. The van der Waals surface area contributed by atoms with Gasteiger partial charge in [0.2, 0.25) is 15.9 Å². The number of amides is 3. The zero-order valence-electron chi connectivity index (χ0n) is 19.3. The summed E-state index contributed by atoms with van der Waals surface area (Å²) >= 11 is 0. The molecule has 0 aromatic heterocycles. The molecule has 10 heteroatoms. The van der Waals surface area contributed by atoms with Crippen molar-refractivity contribution < 1.29 is 27.5 Å². The number of para-hydroxylation sites is 1. The Labute approximate surface area is 204 Å². The van der Waals surface area contributed by atoms with Gasteiger partial charge in [-0.05, 0) is 49.2 Å². The van der Waals surface area contributed by atoms with Gasteiger partial charge in [0, 0.05) is 6.04 Å². The van der Waals surface area contributed by atoms with Crippen LogP contribution < -0.4 is 14.8 Å². The van der Waals surface area contributed by atoms with Crippen molar-refractivity contribution in [3.05, 3.63) is 54.6 Å². The predicted molar refractivity (Wildman–Crippen MR) is 129 cm³/mol. The monoisotopic (exact) mass is 499 g/mol. The van der Waals surface area contributed by atoms with Gasteiger partial charge in [-0.15, -0.1) is 0 Å². The number of hydrogen-bond donors (Lipinski definition) is 1. The lowest BCUT2D eigenvalue weighted by molar-refractivity contribution is -0.143. The number of ether oxygens (including phenoxy) is 1. The molecule has 1 saturated carbocycles. The van der Waals surface area contributed by atoms with Gasteiger partial charge in [-0.2, -0.15) is 0 Å². The van der Waals surface area contributed by atoms with E-state index in [1.165, 1.54) is 24.3 Å². The van der Waals surface area contributed by atoms with Crippen LogP contribution in [0.1, 0.15) is 44.9 Å². The van der Waals surface area contributed by atoms with Crippen molar-refractivity contribution in [3.63, 3.8) is 0 Å². The molecule has 1 aliphatic heterocycles. The van der Waals surface area contributed by atoms with Crippen molar-refractivity contribution in [2.24, 2.45) is 5.14 Å². The summed E-state index contributed by atoms with van der Waals surface area (Å²) in [6, 6.07) is 13.1. The molecule has 2 aliphatic rings. The normalized spacial score (nSPS) is 19.5. The summed E-state index contributed by atoms with van der Waals surface area (Å²) in [5.74, 6) is -0.736. The first-order valence-corrected chi connectivity index (χ1v) is 13.3. The molecule has 1 aliphatic carbocycles. The van der Waals surface area contributed by atoms with Crippen LogP contribution in [0.2, 0.25) is 0 Å². The maximum Gasteiger partial charge on any atom is 0.261 e. The highest BCUT2D eigenvalue weighted by Gasteiger charge is 2.46. The summed E-state index contributed by atoms with van der Waals surface area (Å²) in [6.45, 7) is -0.235. The predicted octanol–water partition coefficient (Wildman–Crippen LogP) is 2.60. The van der Waals surface area contributed by atoms with E-state index in [0.717, 1.165) is 43.4 Å². The lowest BCUT2D eigenvalue weighted by atomic mass is 10.0. The molecule has 1 unspecified atom stereocenters. The molecular weight excluding hydrogens is 470 g/mol. The number of rotatable bonds is 7. The van der Waals surface area contributed by atoms with Crippen molar-refractivity contribution in [1.29, 1.82) is 0 Å². The number of hydrogen-bond acceptors (Lipinski definition) is 6. The highest BCUT2D eigenvalue weighted by Crippen LogP contribution is 2.31. The van der Waals surface area contributed by atoms with Crippen molar-refractivity contribution in [1.82, 2.24) is 4.90 Å². The van der Waals surface area contributed by atoms with E-state index in [0.29, 0.717) is 5.75 Å². The second-order valence-electron chi connectivity index (χ2n) is 8.87. The molecule has 1 saturated heterocycles. The van der Waals surface area contributed by atoms with Crippen LogP contribution in [0.25, 0.3) is 0 Å². The fraction of sp³-hybridized carbons (Fsp3) is 0.400. The zero-order chi connectivity index (χ0) is 25.0. The zero-order valence-corrected chi connectivity index (χ0v) is 20.2. The van der Waals surface area contributed by atoms with Crippen LogP contribution in [0.15, 0.2) is 59.5 Å². The molecule has 0 radical (unpaired) electrons. The Morgan fingerprint density at radius 3 is 2.20 bits per heavy atom. The van der Waals surface area contributed by atoms with E-state index < -0.39 is 27.9 Å². The minimum absolute atomic E-state index is 0.120. The van der Waals surface area contributed by atoms with Gasteiger partial charge in [0.05, 0.1) is 17.0 Å². The van der Waals surface area contributed by atoms with Crippen LogP contribution in [-0.2, 0) is 24.4 Å². The molecule has 0 bridgehead atoms. The summed E-state index contributed by atoms with van der Waals surface area (Å²) in [7, 11) is -3.91. The van der Waals surface area contributed by atoms with Crippen molar-refractivity contribution >= 4 is 33.4 Å². The minimum atomic E-state index is -3.91. The van der Waals surface area contributed by atoms with E-state index in [4.69, 9.17) is 9.88 Å². The standard InChI is InChI=1S/C25H29N3O6S/c26-35(32,33)21-14-12-19(13-15-21)28-23(29)16-22(25(28)31)27(18-8-4-1-2-5-9-18)24(30)17-34-20-10-6-3-7-11-20/h3,6-7,10-15,18,22H,1-2,4-5,8-9,16-17H2,(H2,26,32,33). The molecular formula is C25H29N3O6S. The van der Waals surface area contributed by atoms with Gasteiger partial charge in [-0.25, -0.2) is 18.5 Å². The molecule has 4 rings (SSSR count). The number of anilines is 1. The Bertz CT molecular complexity index is 1180. The van der Waals surface area contributed by atoms with Crippen LogP contribution >= 0.6 is 0 Å². The number of carbonyl (C=O) groups is 3. The first kappa shape index (κ1) is 24.9. The maximum absolute atomic E-state index is 13.5. The molecule has 2 N–H and O–H groups in total. The van der Waals surface area contributed by atoms with Crippen LogP contribution in [0.5, 0.6) is 5.75 Å². The van der Waals surface area contributed by atoms with Crippen LogP contribution in [0, 0.1) is 0 Å². The number of nitrogens with zero attached hydrogens (tertiary/aromatic N) is 2. The average Bonchev–Trinajstić information content (AvgIpc) is 2.99. The first-order chi connectivity index (χ1) is 16.8. The van der Waals surface area contributed by atoms with Gasteiger partial charge in [-0.3, -0.25) is 14.4 Å². The highest BCUT2D eigenvalue weighted by atomic mass is 32.2. The van der Waals surface area contributed by atoms with Gasteiger partial charge in [0.25, 0.3) is 11.8 Å². The Balaban J connectivity index is 1.58. The Kier molecular flexibility index (Phi) is 7.51. The smallest absolute Gasteiger partial charge is 0.261 e. The lowest BCUT2D eigenvalue weighted by Crippen LogP contribution is -2.52. The fourth-order valence-electron chi connectivity index (χ4n) is 4.79. The molecule has 0 spiro atoms. The quantitative estimate of drug-likeness (QED) is 0.461. The van der Waals surface area contributed by atoms with Crippen LogP contribution in [0.3, 0.4) is 0 Å². The summed E-state index contributed by atoms with van der Waals surface area (Å²) in [4.78, 5) is 42.3.